The molecule has 2 fully saturated rings. The summed E-state index contributed by atoms with van der Waals surface area (Å²) < 4.78 is 5.95. The predicted octanol–water partition coefficient (Wildman–Crippen LogP) is 5.97. The molecule has 3 aromatic carbocycles. The fourth-order valence-corrected chi connectivity index (χ4v) is 3.76. The molecule has 0 radical (unpaired) electrons. The van der Waals surface area contributed by atoms with Crippen LogP contribution in [0.25, 0.3) is 11.1 Å². The molecule has 2 aliphatic carbocycles. The monoisotopic (exact) mass is 326 g/mol. The van der Waals surface area contributed by atoms with Crippen molar-refractivity contribution in [2.75, 3.05) is 0 Å². The average molecular weight is 326 g/mol. The Bertz CT molecular complexity index is 867. The molecule has 0 amide bonds. The Morgan fingerprint density at radius 1 is 0.760 bits per heavy atom. The van der Waals surface area contributed by atoms with Crippen LogP contribution in [0.3, 0.4) is 0 Å². The molecular formula is C24H22O. The molecule has 2 unspecified atom stereocenters. The third-order valence-electron chi connectivity index (χ3n) is 5.68. The van der Waals surface area contributed by atoms with Gasteiger partial charge in [0.2, 0.25) is 0 Å². The quantitative estimate of drug-likeness (QED) is 0.561. The summed E-state index contributed by atoms with van der Waals surface area (Å²) in [6.07, 6.45) is 1.46. The Labute approximate surface area is 149 Å². The largest absolute Gasteiger partial charge is 0.489 e. The highest BCUT2D eigenvalue weighted by Crippen LogP contribution is 2.73. The van der Waals surface area contributed by atoms with E-state index in [0.29, 0.717) is 6.61 Å². The topological polar surface area (TPSA) is 9.23 Å². The van der Waals surface area contributed by atoms with Gasteiger partial charge in [0.05, 0.1) is 0 Å². The molecule has 0 saturated heterocycles. The maximum atomic E-state index is 5.95. The van der Waals surface area contributed by atoms with E-state index in [1.807, 2.05) is 0 Å². The van der Waals surface area contributed by atoms with Crippen LogP contribution in [0.4, 0.5) is 0 Å². The molecule has 0 spiro atoms. The molecule has 1 nitrogen and oxygen atoms in total. The van der Waals surface area contributed by atoms with E-state index in [4.69, 9.17) is 4.74 Å². The molecule has 0 bridgehead atoms. The first kappa shape index (κ1) is 14.8. The van der Waals surface area contributed by atoms with Crippen LogP contribution >= 0.6 is 0 Å². The Morgan fingerprint density at radius 3 is 1.92 bits per heavy atom. The van der Waals surface area contributed by atoms with Gasteiger partial charge in [-0.3, -0.25) is 0 Å². The minimum atomic E-state index is 0.613. The van der Waals surface area contributed by atoms with Crippen LogP contribution in [-0.4, -0.2) is 0 Å². The van der Waals surface area contributed by atoms with E-state index < -0.39 is 0 Å². The van der Waals surface area contributed by atoms with E-state index in [9.17, 15) is 0 Å². The van der Waals surface area contributed by atoms with Gasteiger partial charge >= 0.3 is 0 Å². The SMILES string of the molecule is Cc1ccc(-c2ccc(COc3ccc(C4C5CC54)cc3)cc2)cc1. The second-order valence-corrected chi connectivity index (χ2v) is 7.51. The van der Waals surface area contributed by atoms with E-state index in [0.717, 1.165) is 23.5 Å². The number of fused-ring (bicyclic) bond motifs is 1. The number of aryl methyl sites for hydroxylation is 1. The van der Waals surface area contributed by atoms with Gasteiger partial charge in [0, 0.05) is 0 Å². The minimum absolute atomic E-state index is 0.613. The molecule has 124 valence electrons. The average Bonchev–Trinajstić information content (AvgIpc) is 3.55. The molecule has 0 N–H and O–H groups in total. The fourth-order valence-electron chi connectivity index (χ4n) is 3.76. The Kier molecular flexibility index (Phi) is 3.41. The zero-order valence-corrected chi connectivity index (χ0v) is 14.5. The Hall–Kier alpha value is -2.54. The minimum Gasteiger partial charge on any atom is -0.489 e. The number of hydrogen-bond acceptors (Lipinski definition) is 1. The predicted molar refractivity (Wildman–Crippen MR) is 102 cm³/mol. The molecule has 25 heavy (non-hydrogen) atoms. The van der Waals surface area contributed by atoms with Crippen molar-refractivity contribution in [3.05, 3.63) is 89.5 Å². The normalized spacial score (nSPS) is 23.0. The summed E-state index contributed by atoms with van der Waals surface area (Å²) in [6, 6.07) is 26.0. The van der Waals surface area contributed by atoms with Gasteiger partial charge in [0.15, 0.2) is 0 Å². The zero-order chi connectivity index (χ0) is 16.8. The summed E-state index contributed by atoms with van der Waals surface area (Å²) in [5, 5.41) is 0. The first-order chi connectivity index (χ1) is 12.3. The van der Waals surface area contributed by atoms with Gasteiger partial charge in [-0.2, -0.15) is 0 Å². The van der Waals surface area contributed by atoms with Crippen LogP contribution in [0, 0.1) is 18.8 Å². The number of hydrogen-bond donors (Lipinski definition) is 0. The van der Waals surface area contributed by atoms with Crippen molar-refractivity contribution in [3.8, 4) is 16.9 Å². The van der Waals surface area contributed by atoms with E-state index in [1.54, 1.807) is 0 Å². The summed E-state index contributed by atoms with van der Waals surface area (Å²) in [6.45, 7) is 2.73. The third kappa shape index (κ3) is 2.95. The molecule has 2 saturated carbocycles. The van der Waals surface area contributed by atoms with Crippen molar-refractivity contribution < 1.29 is 4.74 Å². The van der Waals surface area contributed by atoms with Crippen LogP contribution in [0.5, 0.6) is 5.75 Å². The summed E-state index contributed by atoms with van der Waals surface area (Å²) in [5.74, 6) is 3.85. The third-order valence-corrected chi connectivity index (χ3v) is 5.68. The summed E-state index contributed by atoms with van der Waals surface area (Å²) in [4.78, 5) is 0. The van der Waals surface area contributed by atoms with E-state index in [-0.39, 0.29) is 0 Å². The lowest BCUT2D eigenvalue weighted by Crippen LogP contribution is -1.96. The zero-order valence-electron chi connectivity index (χ0n) is 14.5. The second-order valence-electron chi connectivity index (χ2n) is 7.51. The fraction of sp³-hybridized carbons (Fsp3) is 0.250. The van der Waals surface area contributed by atoms with Crippen LogP contribution in [-0.2, 0) is 6.61 Å². The molecule has 0 aliphatic heterocycles. The standard InChI is InChI=1S/C24H22O/c1-16-2-6-18(7-3-16)19-8-4-17(5-9-19)15-25-21-12-10-20(11-13-21)24-22-14-23(22)24/h2-13,22-24H,14-15H2,1H3. The molecule has 1 heteroatoms. The molecular weight excluding hydrogens is 304 g/mol. The van der Waals surface area contributed by atoms with Crippen molar-refractivity contribution in [3.63, 3.8) is 0 Å². The van der Waals surface area contributed by atoms with Gasteiger partial charge < -0.3 is 4.74 Å². The number of benzene rings is 3. The first-order valence-corrected chi connectivity index (χ1v) is 9.17. The van der Waals surface area contributed by atoms with Crippen molar-refractivity contribution in [2.45, 2.75) is 25.9 Å². The van der Waals surface area contributed by atoms with E-state index in [2.05, 4.69) is 79.7 Å². The maximum absolute atomic E-state index is 5.95. The lowest BCUT2D eigenvalue weighted by Gasteiger charge is -2.09. The summed E-state index contributed by atoms with van der Waals surface area (Å²) in [7, 11) is 0. The smallest absolute Gasteiger partial charge is 0.119 e. The molecule has 3 aromatic rings. The van der Waals surface area contributed by atoms with Crippen LogP contribution in [0.15, 0.2) is 72.8 Å². The van der Waals surface area contributed by atoms with Gasteiger partial charge in [0.25, 0.3) is 0 Å². The lowest BCUT2D eigenvalue weighted by atomic mass is 10.0. The summed E-state index contributed by atoms with van der Waals surface area (Å²) in [5.41, 5.74) is 6.49. The van der Waals surface area contributed by atoms with Gasteiger partial charge in [-0.05, 0) is 65.5 Å². The van der Waals surface area contributed by atoms with Crippen molar-refractivity contribution in [1.29, 1.82) is 0 Å². The second kappa shape index (κ2) is 5.77. The highest BCUT2D eigenvalue weighted by molar-refractivity contribution is 5.63. The van der Waals surface area contributed by atoms with Crippen molar-refractivity contribution >= 4 is 0 Å². The molecule has 2 atom stereocenters. The van der Waals surface area contributed by atoms with Gasteiger partial charge in [0.1, 0.15) is 12.4 Å². The van der Waals surface area contributed by atoms with Gasteiger partial charge in [-0.25, -0.2) is 0 Å². The van der Waals surface area contributed by atoms with Crippen LogP contribution < -0.4 is 4.74 Å². The number of rotatable bonds is 5. The lowest BCUT2D eigenvalue weighted by molar-refractivity contribution is 0.306. The Morgan fingerprint density at radius 2 is 1.36 bits per heavy atom. The van der Waals surface area contributed by atoms with E-state index >= 15 is 0 Å². The molecule has 0 heterocycles. The van der Waals surface area contributed by atoms with Gasteiger partial charge in [-0.1, -0.05) is 66.2 Å². The highest BCUT2D eigenvalue weighted by atomic mass is 16.5. The number of ether oxygens (including phenoxy) is 1. The van der Waals surface area contributed by atoms with E-state index in [1.165, 1.54) is 34.2 Å². The van der Waals surface area contributed by atoms with Crippen LogP contribution in [0.2, 0.25) is 0 Å². The molecule has 0 aromatic heterocycles. The van der Waals surface area contributed by atoms with Crippen molar-refractivity contribution in [1.82, 2.24) is 0 Å². The van der Waals surface area contributed by atoms with Crippen molar-refractivity contribution in [2.24, 2.45) is 11.8 Å². The maximum Gasteiger partial charge on any atom is 0.119 e. The Balaban J connectivity index is 1.21. The van der Waals surface area contributed by atoms with Crippen LogP contribution in [0.1, 0.15) is 29.0 Å². The molecule has 5 rings (SSSR count). The molecule has 2 aliphatic rings. The highest BCUT2D eigenvalue weighted by Gasteiger charge is 2.64. The summed E-state index contributed by atoms with van der Waals surface area (Å²) >= 11 is 0. The first-order valence-electron chi connectivity index (χ1n) is 9.17. The van der Waals surface area contributed by atoms with Gasteiger partial charge in [-0.15, -0.1) is 0 Å².